The van der Waals surface area contributed by atoms with Gasteiger partial charge in [0.1, 0.15) is 0 Å². The highest BCUT2D eigenvalue weighted by Crippen LogP contribution is 2.23. The average Bonchev–Trinajstić information content (AvgIpc) is 3.07. The molecule has 6 nitrogen and oxygen atoms in total. The van der Waals surface area contributed by atoms with Crippen molar-refractivity contribution in [2.24, 2.45) is 0 Å². The van der Waals surface area contributed by atoms with Crippen LogP contribution in [0, 0.1) is 0 Å². The van der Waals surface area contributed by atoms with Crippen LogP contribution >= 0.6 is 0 Å². The molecule has 0 aliphatic carbocycles. The first-order chi connectivity index (χ1) is 11.6. The maximum atomic E-state index is 12.2. The Balaban J connectivity index is 1.81. The predicted octanol–water partition coefficient (Wildman–Crippen LogP) is 1.73. The minimum absolute atomic E-state index is 0.0410. The fourth-order valence-corrected chi connectivity index (χ4v) is 2.88. The zero-order valence-corrected chi connectivity index (χ0v) is 14.6. The van der Waals surface area contributed by atoms with Gasteiger partial charge in [-0.3, -0.25) is 9.59 Å². The van der Waals surface area contributed by atoms with Gasteiger partial charge in [0.05, 0.1) is 0 Å². The summed E-state index contributed by atoms with van der Waals surface area (Å²) in [4.78, 5) is 26.2. The lowest BCUT2D eigenvalue weighted by atomic mass is 10.2. The molecule has 0 spiro atoms. The number of amides is 2. The van der Waals surface area contributed by atoms with Gasteiger partial charge >= 0.3 is 0 Å². The van der Waals surface area contributed by atoms with E-state index in [0.717, 1.165) is 24.5 Å². The molecule has 1 aliphatic heterocycles. The Hall–Kier alpha value is -2.08. The molecule has 2 amide bonds. The molecule has 3 N–H and O–H groups in total. The minimum atomic E-state index is -0.184. The Morgan fingerprint density at radius 2 is 1.96 bits per heavy atom. The molecule has 2 rings (SSSR count). The van der Waals surface area contributed by atoms with Gasteiger partial charge < -0.3 is 20.9 Å². The number of hydrogen-bond acceptors (Lipinski definition) is 4. The summed E-state index contributed by atoms with van der Waals surface area (Å²) in [6.07, 6.45) is 3.13. The maximum Gasteiger partial charge on any atom is 0.226 e. The third-order valence-electron chi connectivity index (χ3n) is 4.10. The molecule has 1 heterocycles. The topological polar surface area (TPSA) is 73.5 Å². The summed E-state index contributed by atoms with van der Waals surface area (Å²) in [5.74, 6) is -0.129. The van der Waals surface area contributed by atoms with E-state index in [1.165, 1.54) is 12.8 Å². The lowest BCUT2D eigenvalue weighted by Crippen LogP contribution is -2.36. The van der Waals surface area contributed by atoms with E-state index in [1.54, 1.807) is 7.05 Å². The number of rotatable bonds is 8. The number of carbonyl (C=O) groups is 2. The van der Waals surface area contributed by atoms with Gasteiger partial charge in [0.25, 0.3) is 0 Å². The van der Waals surface area contributed by atoms with Crippen LogP contribution in [0.3, 0.4) is 0 Å². The van der Waals surface area contributed by atoms with Gasteiger partial charge in [0, 0.05) is 49.9 Å². The average molecular weight is 332 g/mol. The van der Waals surface area contributed by atoms with E-state index in [4.69, 9.17) is 0 Å². The first-order valence-electron chi connectivity index (χ1n) is 8.67. The Kier molecular flexibility index (Phi) is 7.06. The molecule has 1 fully saturated rings. The summed E-state index contributed by atoms with van der Waals surface area (Å²) < 4.78 is 0. The molecule has 1 unspecified atom stereocenters. The van der Waals surface area contributed by atoms with Crippen LogP contribution in [-0.2, 0) is 9.59 Å². The first kappa shape index (κ1) is 18.3. The van der Waals surface area contributed by atoms with Gasteiger partial charge in [0.15, 0.2) is 0 Å². The number of carbonyl (C=O) groups excluding carboxylic acids is 2. The van der Waals surface area contributed by atoms with Crippen molar-refractivity contribution in [3.05, 3.63) is 24.3 Å². The number of anilines is 2. The highest BCUT2D eigenvalue weighted by atomic mass is 16.2. The lowest BCUT2D eigenvalue weighted by Gasteiger charge is -2.19. The number of benzene rings is 1. The molecule has 0 bridgehead atoms. The Morgan fingerprint density at radius 3 is 2.67 bits per heavy atom. The quantitative estimate of drug-likeness (QED) is 0.678. The summed E-state index contributed by atoms with van der Waals surface area (Å²) in [7, 11) is 1.81. The second kappa shape index (κ2) is 9.27. The summed E-state index contributed by atoms with van der Waals surface area (Å²) >= 11 is 0. The molecular weight excluding hydrogens is 304 g/mol. The van der Waals surface area contributed by atoms with E-state index in [2.05, 4.69) is 26.9 Å². The number of nitrogens with one attached hydrogen (secondary N) is 3. The molecule has 0 aromatic heterocycles. The highest BCUT2D eigenvalue weighted by Gasteiger charge is 2.14. The summed E-state index contributed by atoms with van der Waals surface area (Å²) in [5.41, 5.74) is 1.96. The van der Waals surface area contributed by atoms with Gasteiger partial charge in [0.2, 0.25) is 11.8 Å². The standard InChI is InChI=1S/C18H28N4O2/c1-14(20-17(23)8-9-19-2)12-18(24)21-15-6-5-7-16(13-15)22-10-3-4-11-22/h5-7,13-14,19H,3-4,8-12H2,1-2H3,(H,20,23)(H,21,24). The molecule has 6 heteroatoms. The molecule has 0 radical (unpaired) electrons. The van der Waals surface area contributed by atoms with Crippen molar-refractivity contribution in [2.45, 2.75) is 38.6 Å². The van der Waals surface area contributed by atoms with Crippen molar-refractivity contribution in [1.29, 1.82) is 0 Å². The van der Waals surface area contributed by atoms with Crippen LogP contribution < -0.4 is 20.9 Å². The number of hydrogen-bond donors (Lipinski definition) is 3. The second-order valence-electron chi connectivity index (χ2n) is 6.32. The van der Waals surface area contributed by atoms with Crippen LogP contribution in [0.4, 0.5) is 11.4 Å². The van der Waals surface area contributed by atoms with E-state index in [9.17, 15) is 9.59 Å². The number of nitrogens with zero attached hydrogens (tertiary/aromatic N) is 1. The van der Waals surface area contributed by atoms with Gasteiger partial charge in [-0.2, -0.15) is 0 Å². The van der Waals surface area contributed by atoms with Crippen LogP contribution in [0.1, 0.15) is 32.6 Å². The Labute approximate surface area is 144 Å². The van der Waals surface area contributed by atoms with E-state index >= 15 is 0 Å². The van der Waals surface area contributed by atoms with Gasteiger partial charge in [-0.25, -0.2) is 0 Å². The monoisotopic (exact) mass is 332 g/mol. The van der Waals surface area contributed by atoms with Crippen LogP contribution in [0.15, 0.2) is 24.3 Å². The molecule has 1 aromatic rings. The Bertz CT molecular complexity index is 556. The lowest BCUT2D eigenvalue weighted by molar-refractivity contribution is -0.122. The molecule has 132 valence electrons. The third kappa shape index (κ3) is 5.85. The van der Waals surface area contributed by atoms with Crippen molar-refractivity contribution >= 4 is 23.2 Å². The molecule has 0 saturated carbocycles. The van der Waals surface area contributed by atoms with Crippen molar-refractivity contribution in [3.8, 4) is 0 Å². The fourth-order valence-electron chi connectivity index (χ4n) is 2.88. The molecular formula is C18H28N4O2. The van der Waals surface area contributed by atoms with Crippen LogP contribution in [0.5, 0.6) is 0 Å². The van der Waals surface area contributed by atoms with Crippen LogP contribution in [0.2, 0.25) is 0 Å². The highest BCUT2D eigenvalue weighted by molar-refractivity contribution is 5.92. The third-order valence-corrected chi connectivity index (χ3v) is 4.10. The molecule has 1 saturated heterocycles. The van der Waals surface area contributed by atoms with Gasteiger partial charge in [-0.15, -0.1) is 0 Å². The van der Waals surface area contributed by atoms with Crippen LogP contribution in [-0.4, -0.2) is 44.5 Å². The maximum absolute atomic E-state index is 12.2. The fraction of sp³-hybridized carbons (Fsp3) is 0.556. The SMILES string of the molecule is CNCCC(=O)NC(C)CC(=O)Nc1cccc(N2CCCC2)c1. The summed E-state index contributed by atoms with van der Waals surface area (Å²) in [6.45, 7) is 4.63. The second-order valence-corrected chi connectivity index (χ2v) is 6.32. The smallest absolute Gasteiger partial charge is 0.226 e. The van der Waals surface area contributed by atoms with Crippen LogP contribution in [0.25, 0.3) is 0 Å². The zero-order chi connectivity index (χ0) is 17.4. The van der Waals surface area contributed by atoms with E-state index < -0.39 is 0 Å². The van der Waals surface area contributed by atoms with Crippen molar-refractivity contribution < 1.29 is 9.59 Å². The summed E-state index contributed by atoms with van der Waals surface area (Å²) in [6, 6.07) is 7.77. The predicted molar refractivity (Wildman–Crippen MR) is 97.3 cm³/mol. The minimum Gasteiger partial charge on any atom is -0.371 e. The Morgan fingerprint density at radius 1 is 1.21 bits per heavy atom. The van der Waals surface area contributed by atoms with Crippen molar-refractivity contribution in [3.63, 3.8) is 0 Å². The largest absolute Gasteiger partial charge is 0.371 e. The van der Waals surface area contributed by atoms with E-state index in [-0.39, 0.29) is 24.3 Å². The summed E-state index contributed by atoms with van der Waals surface area (Å²) in [5, 5.41) is 8.69. The van der Waals surface area contributed by atoms with Crippen molar-refractivity contribution in [2.75, 3.05) is 36.9 Å². The molecule has 1 aromatic carbocycles. The first-order valence-corrected chi connectivity index (χ1v) is 8.67. The molecule has 1 atom stereocenters. The molecule has 24 heavy (non-hydrogen) atoms. The van der Waals surface area contributed by atoms with E-state index in [1.807, 2.05) is 25.1 Å². The van der Waals surface area contributed by atoms with E-state index in [0.29, 0.717) is 13.0 Å². The normalized spacial score (nSPS) is 15.2. The zero-order valence-electron chi connectivity index (χ0n) is 14.6. The van der Waals surface area contributed by atoms with Gasteiger partial charge in [-0.05, 0) is 45.0 Å². The molecule has 1 aliphatic rings. The van der Waals surface area contributed by atoms with Gasteiger partial charge in [-0.1, -0.05) is 6.07 Å². The van der Waals surface area contributed by atoms with Crippen molar-refractivity contribution in [1.82, 2.24) is 10.6 Å².